The third kappa shape index (κ3) is 5.29. The maximum absolute atomic E-state index is 4.82. The van der Waals surface area contributed by atoms with Gasteiger partial charge in [0.15, 0.2) is 0 Å². The zero-order valence-electron chi connectivity index (χ0n) is 12.1. The van der Waals surface area contributed by atoms with Gasteiger partial charge in [-0.3, -0.25) is 0 Å². The fourth-order valence-electron chi connectivity index (χ4n) is 1.74. The Morgan fingerprint density at radius 3 is 2.67 bits per heavy atom. The Balaban J connectivity index is 2.61. The lowest BCUT2D eigenvalue weighted by atomic mass is 10.1. The van der Waals surface area contributed by atoms with E-state index in [-0.39, 0.29) is 0 Å². The molecule has 0 bridgehead atoms. The molecule has 0 aliphatic heterocycles. The van der Waals surface area contributed by atoms with Gasteiger partial charge in [0.05, 0.1) is 5.69 Å². The molecule has 1 aromatic rings. The second-order valence-electron chi connectivity index (χ2n) is 4.80. The van der Waals surface area contributed by atoms with E-state index in [1.54, 1.807) is 0 Å². The van der Waals surface area contributed by atoms with Crippen molar-refractivity contribution in [3.8, 4) is 0 Å². The summed E-state index contributed by atoms with van der Waals surface area (Å²) in [5.74, 6) is 2.84. The van der Waals surface area contributed by atoms with Crippen LogP contribution in [-0.4, -0.2) is 17.3 Å². The van der Waals surface area contributed by atoms with E-state index in [2.05, 4.69) is 33.0 Å². The fraction of sp³-hybridized carbons (Fsp3) is 0.786. The Morgan fingerprint density at radius 2 is 2.06 bits per heavy atom. The van der Waals surface area contributed by atoms with Crippen molar-refractivity contribution < 1.29 is 0 Å². The molecule has 0 aliphatic carbocycles. The van der Waals surface area contributed by atoms with Gasteiger partial charge < -0.3 is 5.32 Å². The predicted molar refractivity (Wildman–Crippen MR) is 84.7 cm³/mol. The van der Waals surface area contributed by atoms with Crippen LogP contribution in [0.2, 0.25) is 0 Å². The van der Waals surface area contributed by atoms with Gasteiger partial charge in [0.25, 0.3) is 0 Å². The van der Waals surface area contributed by atoms with Gasteiger partial charge in [0.1, 0.15) is 5.01 Å². The molecule has 4 heteroatoms. The van der Waals surface area contributed by atoms with E-state index in [9.17, 15) is 0 Å². The van der Waals surface area contributed by atoms with Crippen LogP contribution in [0.3, 0.4) is 0 Å². The molecule has 18 heavy (non-hydrogen) atoms. The first-order chi connectivity index (χ1) is 8.69. The van der Waals surface area contributed by atoms with Crippen LogP contribution in [0.15, 0.2) is 0 Å². The first-order valence-electron chi connectivity index (χ1n) is 6.95. The van der Waals surface area contributed by atoms with Gasteiger partial charge in [0, 0.05) is 17.2 Å². The minimum Gasteiger partial charge on any atom is -0.312 e. The lowest BCUT2D eigenvalue weighted by molar-refractivity contribution is 0.670. The molecule has 1 heterocycles. The van der Waals surface area contributed by atoms with Crippen molar-refractivity contribution in [2.75, 3.05) is 12.3 Å². The van der Waals surface area contributed by atoms with E-state index in [1.807, 2.05) is 23.1 Å². The molecule has 0 amide bonds. The molecule has 0 spiro atoms. The average molecular weight is 287 g/mol. The van der Waals surface area contributed by atoms with E-state index < -0.39 is 0 Å². The summed E-state index contributed by atoms with van der Waals surface area (Å²) >= 11 is 3.89. The van der Waals surface area contributed by atoms with Crippen molar-refractivity contribution in [2.45, 2.75) is 58.8 Å². The molecule has 1 N–H and O–H groups in total. The molecule has 0 saturated carbocycles. The molecule has 0 unspecified atom stereocenters. The van der Waals surface area contributed by atoms with Crippen LogP contribution in [0.5, 0.6) is 0 Å². The predicted octanol–water partition coefficient (Wildman–Crippen LogP) is 4.41. The van der Waals surface area contributed by atoms with E-state index >= 15 is 0 Å². The molecule has 0 aromatic carbocycles. The van der Waals surface area contributed by atoms with Crippen LogP contribution in [0.25, 0.3) is 0 Å². The second-order valence-corrected chi connectivity index (χ2v) is 7.07. The smallest absolute Gasteiger partial charge is 0.103 e. The van der Waals surface area contributed by atoms with Crippen molar-refractivity contribution in [1.29, 1.82) is 0 Å². The lowest BCUT2D eigenvalue weighted by Gasteiger charge is -2.05. The molecule has 104 valence electrons. The Bertz CT molecular complexity index is 335. The monoisotopic (exact) mass is 286 g/mol. The van der Waals surface area contributed by atoms with E-state index in [0.29, 0.717) is 5.92 Å². The zero-order valence-corrected chi connectivity index (χ0v) is 13.7. The number of thiazole rings is 1. The molecule has 0 fully saturated rings. The van der Waals surface area contributed by atoms with Gasteiger partial charge in [-0.05, 0) is 31.1 Å². The minimum atomic E-state index is 0.532. The van der Waals surface area contributed by atoms with Gasteiger partial charge in [-0.15, -0.1) is 11.3 Å². The number of rotatable bonds is 9. The third-order valence-electron chi connectivity index (χ3n) is 2.61. The quantitative estimate of drug-likeness (QED) is 0.681. The number of hydrogen-bond acceptors (Lipinski definition) is 4. The summed E-state index contributed by atoms with van der Waals surface area (Å²) in [4.78, 5) is 6.25. The Labute approximate surface area is 120 Å². The average Bonchev–Trinajstić information content (AvgIpc) is 2.73. The van der Waals surface area contributed by atoms with Crippen molar-refractivity contribution in [2.24, 2.45) is 0 Å². The summed E-state index contributed by atoms with van der Waals surface area (Å²) in [5.41, 5.74) is 1.30. The molecule has 0 aliphatic rings. The van der Waals surface area contributed by atoms with Crippen molar-refractivity contribution >= 4 is 23.1 Å². The molecule has 0 saturated heterocycles. The topological polar surface area (TPSA) is 24.9 Å². The molecule has 1 rings (SSSR count). The van der Waals surface area contributed by atoms with Gasteiger partial charge in [-0.2, -0.15) is 11.8 Å². The van der Waals surface area contributed by atoms with Crippen LogP contribution in [-0.2, 0) is 12.3 Å². The summed E-state index contributed by atoms with van der Waals surface area (Å²) in [6.45, 7) is 11.0. The summed E-state index contributed by atoms with van der Waals surface area (Å²) < 4.78 is 0. The van der Waals surface area contributed by atoms with Gasteiger partial charge >= 0.3 is 0 Å². The highest BCUT2D eigenvalue weighted by Crippen LogP contribution is 2.27. The highest BCUT2D eigenvalue weighted by molar-refractivity contribution is 7.98. The Morgan fingerprint density at radius 1 is 1.28 bits per heavy atom. The maximum Gasteiger partial charge on any atom is 0.103 e. The van der Waals surface area contributed by atoms with Crippen molar-refractivity contribution in [3.05, 3.63) is 15.6 Å². The second kappa shape index (κ2) is 8.94. The number of nitrogens with zero attached hydrogens (tertiary/aromatic N) is 1. The molecule has 2 nitrogen and oxygen atoms in total. The fourth-order valence-corrected chi connectivity index (χ4v) is 3.88. The van der Waals surface area contributed by atoms with Crippen LogP contribution in [0, 0.1) is 0 Å². The minimum absolute atomic E-state index is 0.532. The van der Waals surface area contributed by atoms with E-state index in [4.69, 9.17) is 4.98 Å². The van der Waals surface area contributed by atoms with Crippen molar-refractivity contribution in [1.82, 2.24) is 10.3 Å². The standard InChI is InChI=1S/C14H26N2S2/c1-5-7-15-9-12-14(11(3)4)16-13(18-12)10-17-8-6-2/h11,15H,5-10H2,1-4H3. The maximum atomic E-state index is 4.82. The first-order valence-corrected chi connectivity index (χ1v) is 8.93. The van der Waals surface area contributed by atoms with Crippen molar-refractivity contribution in [3.63, 3.8) is 0 Å². The summed E-state index contributed by atoms with van der Waals surface area (Å²) in [5, 5.41) is 4.79. The molecule has 1 aromatic heterocycles. The number of aromatic nitrogens is 1. The highest BCUT2D eigenvalue weighted by atomic mass is 32.2. The van der Waals surface area contributed by atoms with Gasteiger partial charge in [0.2, 0.25) is 0 Å². The highest BCUT2D eigenvalue weighted by Gasteiger charge is 2.13. The summed E-state index contributed by atoms with van der Waals surface area (Å²) in [6.07, 6.45) is 2.44. The van der Waals surface area contributed by atoms with Gasteiger partial charge in [-0.25, -0.2) is 4.98 Å². The lowest BCUT2D eigenvalue weighted by Crippen LogP contribution is -2.14. The van der Waals surface area contributed by atoms with Gasteiger partial charge in [-0.1, -0.05) is 27.7 Å². The Kier molecular flexibility index (Phi) is 7.95. The number of hydrogen-bond donors (Lipinski definition) is 1. The molecular formula is C14H26N2S2. The number of thioether (sulfide) groups is 1. The molecular weight excluding hydrogens is 260 g/mol. The largest absolute Gasteiger partial charge is 0.312 e. The van der Waals surface area contributed by atoms with Crippen LogP contribution >= 0.6 is 23.1 Å². The van der Waals surface area contributed by atoms with Crippen LogP contribution in [0.1, 0.15) is 62.0 Å². The SMILES string of the molecule is CCCNCc1sc(CSCCC)nc1C(C)C. The summed E-state index contributed by atoms with van der Waals surface area (Å²) in [6, 6.07) is 0. The Hall–Kier alpha value is -0.0600. The normalized spacial score (nSPS) is 11.4. The zero-order chi connectivity index (χ0) is 13.4. The molecule has 0 radical (unpaired) electrons. The first kappa shape index (κ1) is 16.0. The van der Waals surface area contributed by atoms with E-state index in [1.165, 1.54) is 34.2 Å². The van der Waals surface area contributed by atoms with Crippen LogP contribution in [0.4, 0.5) is 0 Å². The summed E-state index contributed by atoms with van der Waals surface area (Å²) in [7, 11) is 0. The van der Waals surface area contributed by atoms with E-state index in [0.717, 1.165) is 18.8 Å². The third-order valence-corrected chi connectivity index (χ3v) is 5.03. The molecule has 0 atom stereocenters. The number of nitrogens with one attached hydrogen (secondary N) is 1. The van der Waals surface area contributed by atoms with Crippen LogP contribution < -0.4 is 5.32 Å².